The van der Waals surface area contributed by atoms with Crippen LogP contribution in [0.15, 0.2) is 18.2 Å². The first-order valence-electron chi connectivity index (χ1n) is 6.78. The van der Waals surface area contributed by atoms with Crippen LogP contribution in [0, 0.1) is 25.7 Å². The average Bonchev–Trinajstić information content (AvgIpc) is 2.70. The van der Waals surface area contributed by atoms with Crippen LogP contribution in [0.3, 0.4) is 0 Å². The van der Waals surface area contributed by atoms with Gasteiger partial charge in [0.05, 0.1) is 17.4 Å². The maximum atomic E-state index is 11.5. The molecular weight excluding hydrogens is 276 g/mol. The summed E-state index contributed by atoms with van der Waals surface area (Å²) in [5.41, 5.74) is 3.26. The monoisotopic (exact) mass is 296 g/mol. The van der Waals surface area contributed by atoms with E-state index in [1.165, 1.54) is 5.56 Å². The van der Waals surface area contributed by atoms with E-state index >= 15 is 0 Å². The molecule has 1 saturated heterocycles. The van der Waals surface area contributed by atoms with Crippen molar-refractivity contribution in [3.8, 4) is 0 Å². The number of benzene rings is 1. The van der Waals surface area contributed by atoms with Gasteiger partial charge in [-0.1, -0.05) is 18.2 Å². The minimum Gasteiger partial charge on any atom is -0.481 e. The van der Waals surface area contributed by atoms with Gasteiger partial charge in [-0.3, -0.25) is 4.79 Å². The molecule has 1 aromatic carbocycles. The van der Waals surface area contributed by atoms with Crippen molar-refractivity contribution >= 4 is 15.8 Å². The highest BCUT2D eigenvalue weighted by Gasteiger charge is 2.37. The number of aliphatic carboxylic acids is 1. The first kappa shape index (κ1) is 15.0. The van der Waals surface area contributed by atoms with Gasteiger partial charge < -0.3 is 5.11 Å². The number of sulfone groups is 1. The van der Waals surface area contributed by atoms with Gasteiger partial charge in [-0.25, -0.2) is 8.42 Å². The third kappa shape index (κ3) is 3.39. The summed E-state index contributed by atoms with van der Waals surface area (Å²) >= 11 is 0. The molecule has 1 aliphatic heterocycles. The Bertz CT molecular complexity index is 619. The van der Waals surface area contributed by atoms with E-state index in [0.29, 0.717) is 12.8 Å². The molecule has 0 aromatic heterocycles. The van der Waals surface area contributed by atoms with E-state index < -0.39 is 21.7 Å². The Morgan fingerprint density at radius 1 is 1.35 bits per heavy atom. The normalized spacial score (nSPS) is 22.6. The largest absolute Gasteiger partial charge is 0.481 e. The van der Waals surface area contributed by atoms with E-state index in [4.69, 9.17) is 0 Å². The fourth-order valence-corrected chi connectivity index (χ4v) is 4.66. The molecular formula is C15H20O4S. The Kier molecular flexibility index (Phi) is 4.18. The van der Waals surface area contributed by atoms with Crippen LogP contribution in [-0.2, 0) is 21.1 Å². The highest BCUT2D eigenvalue weighted by atomic mass is 32.2. The number of carboxylic acid groups (broad SMARTS) is 1. The molecule has 1 aromatic rings. The molecule has 110 valence electrons. The lowest BCUT2D eigenvalue weighted by Gasteiger charge is -2.18. The number of rotatable bonds is 4. The molecule has 0 spiro atoms. The van der Waals surface area contributed by atoms with Crippen molar-refractivity contribution in [1.82, 2.24) is 0 Å². The number of carbonyl (C=O) groups is 1. The van der Waals surface area contributed by atoms with Crippen molar-refractivity contribution in [3.63, 3.8) is 0 Å². The van der Waals surface area contributed by atoms with Gasteiger partial charge in [-0.2, -0.15) is 0 Å². The molecule has 1 fully saturated rings. The standard InChI is InChI=1S/C15H20O4S/c1-10-3-4-12(7-11(10)2)8-14(15(16)17)13-5-6-20(18,19)9-13/h3-4,7,13-14H,5-6,8-9H2,1-2H3,(H,16,17). The molecule has 2 atom stereocenters. The summed E-state index contributed by atoms with van der Waals surface area (Å²) in [6.07, 6.45) is 0.862. The number of aryl methyl sites for hydroxylation is 2. The van der Waals surface area contributed by atoms with Crippen molar-refractivity contribution < 1.29 is 18.3 Å². The first-order valence-corrected chi connectivity index (χ1v) is 8.60. The minimum atomic E-state index is -3.04. The predicted molar refractivity (Wildman–Crippen MR) is 77.5 cm³/mol. The summed E-state index contributed by atoms with van der Waals surface area (Å²) in [6, 6.07) is 5.91. The van der Waals surface area contributed by atoms with Crippen LogP contribution in [0.4, 0.5) is 0 Å². The minimum absolute atomic E-state index is 0.00874. The van der Waals surface area contributed by atoms with Crippen molar-refractivity contribution in [3.05, 3.63) is 34.9 Å². The molecule has 2 unspecified atom stereocenters. The van der Waals surface area contributed by atoms with E-state index in [9.17, 15) is 18.3 Å². The molecule has 0 amide bonds. The topological polar surface area (TPSA) is 71.4 Å². The fraction of sp³-hybridized carbons (Fsp3) is 0.533. The van der Waals surface area contributed by atoms with Crippen LogP contribution in [0.25, 0.3) is 0 Å². The van der Waals surface area contributed by atoms with Crippen molar-refractivity contribution in [1.29, 1.82) is 0 Å². The highest BCUT2D eigenvalue weighted by molar-refractivity contribution is 7.91. The maximum absolute atomic E-state index is 11.5. The third-order valence-electron chi connectivity index (χ3n) is 4.18. The lowest BCUT2D eigenvalue weighted by atomic mass is 9.86. The molecule has 1 heterocycles. The van der Waals surface area contributed by atoms with Gasteiger partial charge in [0.25, 0.3) is 0 Å². The summed E-state index contributed by atoms with van der Waals surface area (Å²) in [5.74, 6) is -1.65. The second kappa shape index (κ2) is 5.56. The van der Waals surface area contributed by atoms with Crippen molar-refractivity contribution in [2.45, 2.75) is 26.7 Å². The Hall–Kier alpha value is -1.36. The highest BCUT2D eigenvalue weighted by Crippen LogP contribution is 2.29. The zero-order valence-corrected chi connectivity index (χ0v) is 12.6. The smallest absolute Gasteiger partial charge is 0.307 e. The molecule has 4 nitrogen and oxygen atoms in total. The van der Waals surface area contributed by atoms with Crippen LogP contribution in [-0.4, -0.2) is 31.0 Å². The maximum Gasteiger partial charge on any atom is 0.307 e. The molecule has 0 aliphatic carbocycles. The van der Waals surface area contributed by atoms with Gasteiger partial charge in [-0.05, 0) is 49.3 Å². The van der Waals surface area contributed by atoms with E-state index in [0.717, 1.165) is 11.1 Å². The van der Waals surface area contributed by atoms with Crippen LogP contribution in [0.2, 0.25) is 0 Å². The first-order chi connectivity index (χ1) is 9.28. The molecule has 0 radical (unpaired) electrons. The van der Waals surface area contributed by atoms with Crippen LogP contribution < -0.4 is 0 Å². The summed E-state index contributed by atoms with van der Waals surface area (Å²) in [5, 5.41) is 9.39. The van der Waals surface area contributed by atoms with E-state index in [2.05, 4.69) is 0 Å². The van der Waals surface area contributed by atoms with Gasteiger partial charge >= 0.3 is 5.97 Å². The Morgan fingerprint density at radius 2 is 2.05 bits per heavy atom. The zero-order valence-electron chi connectivity index (χ0n) is 11.8. The summed E-state index contributed by atoms with van der Waals surface area (Å²) in [7, 11) is -3.04. The van der Waals surface area contributed by atoms with Crippen LogP contribution >= 0.6 is 0 Å². The summed E-state index contributed by atoms with van der Waals surface area (Å²) in [4.78, 5) is 11.5. The fourth-order valence-electron chi connectivity index (χ4n) is 2.78. The van der Waals surface area contributed by atoms with Crippen molar-refractivity contribution in [2.75, 3.05) is 11.5 Å². The summed E-state index contributed by atoms with van der Waals surface area (Å²) < 4.78 is 23.1. The predicted octanol–water partition coefficient (Wildman–Crippen LogP) is 1.98. The second-order valence-electron chi connectivity index (χ2n) is 5.73. The third-order valence-corrected chi connectivity index (χ3v) is 5.97. The van der Waals surface area contributed by atoms with Crippen LogP contribution in [0.1, 0.15) is 23.1 Å². The lowest BCUT2D eigenvalue weighted by Crippen LogP contribution is -2.26. The average molecular weight is 296 g/mol. The Morgan fingerprint density at radius 3 is 2.55 bits per heavy atom. The van der Waals surface area contributed by atoms with Gasteiger partial charge in [0.2, 0.25) is 0 Å². The molecule has 1 N–H and O–H groups in total. The molecule has 0 saturated carbocycles. The second-order valence-corrected chi connectivity index (χ2v) is 7.96. The van der Waals surface area contributed by atoms with E-state index in [1.807, 2.05) is 32.0 Å². The number of hydrogen-bond donors (Lipinski definition) is 1. The number of hydrogen-bond acceptors (Lipinski definition) is 3. The quantitative estimate of drug-likeness (QED) is 0.922. The van der Waals surface area contributed by atoms with E-state index in [1.54, 1.807) is 0 Å². The number of carboxylic acids is 1. The molecule has 20 heavy (non-hydrogen) atoms. The molecule has 1 aliphatic rings. The van der Waals surface area contributed by atoms with Gasteiger partial charge in [-0.15, -0.1) is 0 Å². The van der Waals surface area contributed by atoms with E-state index in [-0.39, 0.29) is 17.4 Å². The summed E-state index contributed by atoms with van der Waals surface area (Å²) in [6.45, 7) is 4.01. The van der Waals surface area contributed by atoms with Gasteiger partial charge in [0, 0.05) is 0 Å². The molecule has 5 heteroatoms. The van der Waals surface area contributed by atoms with Gasteiger partial charge in [0.1, 0.15) is 0 Å². The zero-order chi connectivity index (χ0) is 14.9. The molecule has 2 rings (SSSR count). The SMILES string of the molecule is Cc1ccc(CC(C(=O)O)C2CCS(=O)(=O)C2)cc1C. The Labute approximate surface area is 119 Å². The molecule has 0 bridgehead atoms. The Balaban J connectivity index is 2.18. The van der Waals surface area contributed by atoms with Crippen molar-refractivity contribution in [2.24, 2.45) is 11.8 Å². The lowest BCUT2D eigenvalue weighted by molar-refractivity contribution is -0.143. The van der Waals surface area contributed by atoms with Gasteiger partial charge in [0.15, 0.2) is 9.84 Å². The van der Waals surface area contributed by atoms with Crippen LogP contribution in [0.5, 0.6) is 0 Å².